The van der Waals surface area contributed by atoms with Crippen molar-refractivity contribution in [3.8, 4) is 0 Å². The SMILES string of the molecule is CCN(CC)c1ccc(NCc2cccc(Br)c2)cn1. The standard InChI is InChI=1S/C16H20BrN3/c1-3-20(4-2)16-9-8-15(12-19-16)18-11-13-6-5-7-14(17)10-13/h5-10,12,18H,3-4,11H2,1-2H3. The fourth-order valence-corrected chi connectivity index (χ4v) is 2.52. The summed E-state index contributed by atoms with van der Waals surface area (Å²) < 4.78 is 1.10. The van der Waals surface area contributed by atoms with E-state index in [1.807, 2.05) is 18.3 Å². The first-order chi connectivity index (χ1) is 9.72. The van der Waals surface area contributed by atoms with Crippen molar-refractivity contribution in [2.45, 2.75) is 20.4 Å². The van der Waals surface area contributed by atoms with E-state index in [9.17, 15) is 0 Å². The summed E-state index contributed by atoms with van der Waals surface area (Å²) >= 11 is 3.48. The Labute approximate surface area is 129 Å². The molecule has 2 aromatic rings. The van der Waals surface area contributed by atoms with Crippen molar-refractivity contribution in [1.29, 1.82) is 0 Å². The molecule has 0 atom stereocenters. The highest BCUT2D eigenvalue weighted by Gasteiger charge is 2.02. The van der Waals surface area contributed by atoms with E-state index in [4.69, 9.17) is 0 Å². The minimum atomic E-state index is 0.797. The summed E-state index contributed by atoms with van der Waals surface area (Å²) in [5.74, 6) is 1.03. The lowest BCUT2D eigenvalue weighted by Gasteiger charge is -2.19. The van der Waals surface area contributed by atoms with Gasteiger partial charge in [0.1, 0.15) is 5.82 Å². The third-order valence-corrected chi connectivity index (χ3v) is 3.71. The second-order valence-corrected chi connectivity index (χ2v) is 5.48. The van der Waals surface area contributed by atoms with E-state index < -0.39 is 0 Å². The fourth-order valence-electron chi connectivity index (χ4n) is 2.08. The van der Waals surface area contributed by atoms with Crippen LogP contribution in [0.1, 0.15) is 19.4 Å². The summed E-state index contributed by atoms with van der Waals surface area (Å²) in [7, 11) is 0. The van der Waals surface area contributed by atoms with Crippen LogP contribution in [0.2, 0.25) is 0 Å². The summed E-state index contributed by atoms with van der Waals surface area (Å²) in [4.78, 5) is 6.74. The number of hydrogen-bond donors (Lipinski definition) is 1. The predicted octanol–water partition coefficient (Wildman–Crippen LogP) is 4.30. The molecule has 0 amide bonds. The Hall–Kier alpha value is -1.55. The Morgan fingerprint density at radius 3 is 2.55 bits per heavy atom. The Bertz CT molecular complexity index is 536. The van der Waals surface area contributed by atoms with Crippen molar-refractivity contribution in [3.05, 3.63) is 52.6 Å². The Morgan fingerprint density at radius 2 is 1.95 bits per heavy atom. The average Bonchev–Trinajstić information content (AvgIpc) is 2.48. The Balaban J connectivity index is 1.97. The number of rotatable bonds is 6. The van der Waals surface area contributed by atoms with E-state index in [0.29, 0.717) is 0 Å². The number of nitrogens with one attached hydrogen (secondary N) is 1. The first kappa shape index (κ1) is 14.9. The van der Waals surface area contributed by atoms with Gasteiger partial charge in [-0.15, -0.1) is 0 Å². The monoisotopic (exact) mass is 333 g/mol. The van der Waals surface area contributed by atoms with Gasteiger partial charge in [-0.1, -0.05) is 28.1 Å². The van der Waals surface area contributed by atoms with Gasteiger partial charge in [-0.05, 0) is 43.7 Å². The summed E-state index contributed by atoms with van der Waals surface area (Å²) in [5.41, 5.74) is 2.29. The topological polar surface area (TPSA) is 28.2 Å². The average molecular weight is 334 g/mol. The zero-order valence-corrected chi connectivity index (χ0v) is 13.5. The van der Waals surface area contributed by atoms with E-state index in [2.05, 4.69) is 69.2 Å². The molecule has 0 radical (unpaired) electrons. The number of hydrogen-bond acceptors (Lipinski definition) is 3. The molecule has 0 aliphatic carbocycles. The molecule has 0 spiro atoms. The van der Waals surface area contributed by atoms with E-state index in [1.165, 1.54) is 5.56 Å². The highest BCUT2D eigenvalue weighted by Crippen LogP contribution is 2.16. The van der Waals surface area contributed by atoms with E-state index in [-0.39, 0.29) is 0 Å². The van der Waals surface area contributed by atoms with Crippen molar-refractivity contribution in [2.24, 2.45) is 0 Å². The van der Waals surface area contributed by atoms with Crippen LogP contribution in [0, 0.1) is 0 Å². The molecule has 20 heavy (non-hydrogen) atoms. The first-order valence-corrected chi connectivity index (χ1v) is 7.71. The molecule has 1 aromatic carbocycles. The number of halogens is 1. The maximum atomic E-state index is 4.50. The van der Waals surface area contributed by atoms with Gasteiger partial charge in [0.25, 0.3) is 0 Å². The Kier molecular flexibility index (Phi) is 5.41. The van der Waals surface area contributed by atoms with Crippen LogP contribution in [0.25, 0.3) is 0 Å². The van der Waals surface area contributed by atoms with Crippen LogP contribution in [0.4, 0.5) is 11.5 Å². The number of benzene rings is 1. The van der Waals surface area contributed by atoms with Crippen LogP contribution in [-0.2, 0) is 6.54 Å². The van der Waals surface area contributed by atoms with Crippen molar-refractivity contribution >= 4 is 27.4 Å². The van der Waals surface area contributed by atoms with Crippen LogP contribution >= 0.6 is 15.9 Å². The second-order valence-electron chi connectivity index (χ2n) is 4.56. The molecule has 3 nitrogen and oxygen atoms in total. The summed E-state index contributed by atoms with van der Waals surface area (Å²) in [5, 5.41) is 3.39. The number of aromatic nitrogens is 1. The molecule has 0 aliphatic rings. The van der Waals surface area contributed by atoms with Crippen LogP contribution in [0.15, 0.2) is 47.1 Å². The second kappa shape index (κ2) is 7.29. The predicted molar refractivity (Wildman–Crippen MR) is 89.3 cm³/mol. The van der Waals surface area contributed by atoms with Crippen LogP contribution in [-0.4, -0.2) is 18.1 Å². The van der Waals surface area contributed by atoms with Crippen molar-refractivity contribution in [1.82, 2.24) is 4.98 Å². The molecule has 0 unspecified atom stereocenters. The minimum Gasteiger partial charge on any atom is -0.380 e. The third kappa shape index (κ3) is 3.97. The first-order valence-electron chi connectivity index (χ1n) is 6.92. The van der Waals surface area contributed by atoms with Crippen LogP contribution in [0.5, 0.6) is 0 Å². The third-order valence-electron chi connectivity index (χ3n) is 3.22. The number of anilines is 2. The summed E-state index contributed by atoms with van der Waals surface area (Å²) in [6.45, 7) is 7.05. The van der Waals surface area contributed by atoms with Crippen LogP contribution in [0.3, 0.4) is 0 Å². The van der Waals surface area contributed by atoms with E-state index >= 15 is 0 Å². The molecule has 0 bridgehead atoms. The van der Waals surface area contributed by atoms with Gasteiger partial charge in [-0.25, -0.2) is 4.98 Å². The normalized spacial score (nSPS) is 10.3. The maximum absolute atomic E-state index is 4.50. The van der Waals surface area contributed by atoms with Gasteiger partial charge in [-0.2, -0.15) is 0 Å². The number of pyridine rings is 1. The van der Waals surface area contributed by atoms with Gasteiger partial charge in [0.05, 0.1) is 11.9 Å². The molecular weight excluding hydrogens is 314 g/mol. The van der Waals surface area contributed by atoms with Crippen molar-refractivity contribution < 1.29 is 0 Å². The van der Waals surface area contributed by atoms with Gasteiger partial charge in [0.15, 0.2) is 0 Å². The van der Waals surface area contributed by atoms with E-state index in [0.717, 1.165) is 35.6 Å². The van der Waals surface area contributed by atoms with Crippen LogP contribution < -0.4 is 10.2 Å². The van der Waals surface area contributed by atoms with E-state index in [1.54, 1.807) is 0 Å². The lowest BCUT2D eigenvalue weighted by atomic mass is 10.2. The van der Waals surface area contributed by atoms with Gasteiger partial charge in [-0.3, -0.25) is 0 Å². The van der Waals surface area contributed by atoms with Gasteiger partial charge < -0.3 is 10.2 Å². The molecule has 1 aromatic heterocycles. The number of nitrogens with zero attached hydrogens (tertiary/aromatic N) is 2. The quantitative estimate of drug-likeness (QED) is 0.854. The molecule has 0 fully saturated rings. The minimum absolute atomic E-state index is 0.797. The highest BCUT2D eigenvalue weighted by molar-refractivity contribution is 9.10. The maximum Gasteiger partial charge on any atom is 0.128 e. The molecule has 0 aliphatic heterocycles. The van der Waals surface area contributed by atoms with Crippen molar-refractivity contribution in [3.63, 3.8) is 0 Å². The molecule has 106 valence electrons. The highest BCUT2D eigenvalue weighted by atomic mass is 79.9. The zero-order valence-electron chi connectivity index (χ0n) is 11.9. The zero-order chi connectivity index (χ0) is 14.4. The molecule has 2 rings (SSSR count). The molecule has 0 saturated carbocycles. The summed E-state index contributed by atoms with van der Waals surface area (Å²) in [6, 6.07) is 12.4. The van der Waals surface area contributed by atoms with Crippen molar-refractivity contribution in [2.75, 3.05) is 23.3 Å². The Morgan fingerprint density at radius 1 is 1.15 bits per heavy atom. The fraction of sp³-hybridized carbons (Fsp3) is 0.312. The van der Waals surface area contributed by atoms with Gasteiger partial charge in [0.2, 0.25) is 0 Å². The molecule has 0 saturated heterocycles. The largest absolute Gasteiger partial charge is 0.380 e. The lowest BCUT2D eigenvalue weighted by molar-refractivity contribution is 0.846. The van der Waals surface area contributed by atoms with Gasteiger partial charge in [0, 0.05) is 24.1 Å². The molecule has 1 N–H and O–H groups in total. The lowest BCUT2D eigenvalue weighted by Crippen LogP contribution is -2.22. The molecule has 4 heteroatoms. The molecular formula is C16H20BrN3. The molecule has 1 heterocycles. The smallest absolute Gasteiger partial charge is 0.128 e. The summed E-state index contributed by atoms with van der Waals surface area (Å²) in [6.07, 6.45) is 1.89. The van der Waals surface area contributed by atoms with Gasteiger partial charge >= 0.3 is 0 Å².